The molecule has 1 heterocycles. The molecule has 1 amide bonds. The summed E-state index contributed by atoms with van der Waals surface area (Å²) in [7, 11) is 0. The molecule has 3 rings (SSSR count). The molecule has 0 saturated heterocycles. The number of allylic oxidation sites excluding steroid dienone is 1. The highest BCUT2D eigenvalue weighted by Crippen LogP contribution is 2.56. The Morgan fingerprint density at radius 1 is 1.25 bits per heavy atom. The monoisotopic (exact) mass is 266 g/mol. The van der Waals surface area contributed by atoms with Gasteiger partial charge < -0.3 is 5.32 Å². The van der Waals surface area contributed by atoms with Gasteiger partial charge in [-0.1, -0.05) is 18.1 Å². The maximum Gasteiger partial charge on any atom is 0.240 e. The van der Waals surface area contributed by atoms with Crippen molar-refractivity contribution < 1.29 is 4.79 Å². The number of carbonyl (C=O) groups excluding carboxylic acids is 1. The molecule has 0 radical (unpaired) electrons. The zero-order chi connectivity index (χ0) is 14.3. The highest BCUT2D eigenvalue weighted by atomic mass is 16.2. The van der Waals surface area contributed by atoms with Gasteiger partial charge in [-0.3, -0.25) is 4.79 Å². The summed E-state index contributed by atoms with van der Waals surface area (Å²) in [6.45, 7) is 0. The number of hydrogen-bond acceptors (Lipinski definition) is 4. The zero-order valence-electron chi connectivity index (χ0n) is 11.0. The van der Waals surface area contributed by atoms with Gasteiger partial charge in [-0.05, 0) is 25.2 Å². The molecule has 2 saturated carbocycles. The van der Waals surface area contributed by atoms with Crippen molar-refractivity contribution in [3.8, 4) is 18.2 Å². The Morgan fingerprint density at radius 2 is 2.00 bits per heavy atom. The molecule has 0 aromatic heterocycles. The van der Waals surface area contributed by atoms with Crippen LogP contribution < -0.4 is 5.32 Å². The lowest BCUT2D eigenvalue weighted by Gasteiger charge is -2.26. The first kappa shape index (κ1) is 12.7. The summed E-state index contributed by atoms with van der Waals surface area (Å²) in [4.78, 5) is 12.3. The molecule has 0 aromatic rings. The van der Waals surface area contributed by atoms with Crippen LogP contribution in [-0.4, -0.2) is 11.9 Å². The molecule has 0 spiro atoms. The van der Waals surface area contributed by atoms with Crippen molar-refractivity contribution in [1.29, 1.82) is 15.8 Å². The highest BCUT2D eigenvalue weighted by Gasteiger charge is 2.54. The van der Waals surface area contributed by atoms with E-state index in [0.717, 1.165) is 19.3 Å². The predicted octanol–water partition coefficient (Wildman–Crippen LogP) is 1.40. The van der Waals surface area contributed by atoms with Crippen LogP contribution in [0.2, 0.25) is 0 Å². The molecule has 2 aliphatic carbocycles. The van der Waals surface area contributed by atoms with Crippen molar-refractivity contribution in [3.63, 3.8) is 0 Å². The topological polar surface area (TPSA) is 100 Å². The molecule has 100 valence electrons. The average molecular weight is 266 g/mol. The van der Waals surface area contributed by atoms with Crippen LogP contribution >= 0.6 is 0 Å². The molecule has 4 atom stereocenters. The fraction of sp³-hybridized carbons (Fsp3) is 0.600. The van der Waals surface area contributed by atoms with E-state index in [0.29, 0.717) is 11.8 Å². The Bertz CT molecular complexity index is 601. The van der Waals surface area contributed by atoms with Crippen LogP contribution in [0.1, 0.15) is 25.7 Å². The molecule has 3 aliphatic rings. The summed E-state index contributed by atoms with van der Waals surface area (Å²) in [5, 5.41) is 30.8. The molecule has 0 aromatic carbocycles. The molecule has 1 N–H and O–H groups in total. The van der Waals surface area contributed by atoms with E-state index in [1.54, 1.807) is 0 Å². The summed E-state index contributed by atoms with van der Waals surface area (Å²) >= 11 is 0. The van der Waals surface area contributed by atoms with E-state index < -0.39 is 17.2 Å². The minimum absolute atomic E-state index is 0.0662. The third-order valence-corrected chi connectivity index (χ3v) is 4.87. The Hall–Kier alpha value is -2.32. The smallest absolute Gasteiger partial charge is 0.240 e. The number of fused-ring (bicyclic) bond motifs is 1. The van der Waals surface area contributed by atoms with Crippen molar-refractivity contribution in [2.24, 2.45) is 23.2 Å². The van der Waals surface area contributed by atoms with E-state index in [2.05, 4.69) is 5.32 Å². The van der Waals surface area contributed by atoms with E-state index in [1.165, 1.54) is 5.57 Å². The lowest BCUT2D eigenvalue weighted by Crippen LogP contribution is -2.45. The third kappa shape index (κ3) is 1.62. The van der Waals surface area contributed by atoms with E-state index >= 15 is 0 Å². The van der Waals surface area contributed by atoms with Gasteiger partial charge in [-0.25, -0.2) is 0 Å². The number of nitrogens with one attached hydrogen (secondary N) is 1. The standard InChI is InChI=1S/C15H14N4O/c16-6-11-14(20)19-12-3-1-2-9-10(13(9)12)4-5-15(11,7-17)8-18/h4,9,11-13H,1-3,5H2,(H,19,20)/t9-,11-,12-,13-/m1/s1. The lowest BCUT2D eigenvalue weighted by molar-refractivity contribution is -0.126. The minimum Gasteiger partial charge on any atom is -0.352 e. The van der Waals surface area contributed by atoms with Crippen LogP contribution in [0.5, 0.6) is 0 Å². The van der Waals surface area contributed by atoms with Gasteiger partial charge in [-0.15, -0.1) is 0 Å². The predicted molar refractivity (Wildman–Crippen MR) is 68.2 cm³/mol. The van der Waals surface area contributed by atoms with E-state index in [9.17, 15) is 20.6 Å². The first-order valence-corrected chi connectivity index (χ1v) is 6.89. The normalized spacial score (nSPS) is 37.2. The number of amides is 1. The van der Waals surface area contributed by atoms with Gasteiger partial charge in [-0.2, -0.15) is 15.8 Å². The Labute approximate surface area is 117 Å². The number of rotatable bonds is 0. The lowest BCUT2D eigenvalue weighted by atomic mass is 9.75. The van der Waals surface area contributed by atoms with Crippen molar-refractivity contribution >= 4 is 5.91 Å². The summed E-state index contributed by atoms with van der Waals surface area (Å²) in [6.07, 6.45) is 5.21. The molecule has 5 heteroatoms. The zero-order valence-corrected chi connectivity index (χ0v) is 11.0. The molecular formula is C15H14N4O. The molecule has 5 nitrogen and oxygen atoms in total. The van der Waals surface area contributed by atoms with Gasteiger partial charge in [0.1, 0.15) is 0 Å². The number of nitrogens with zero attached hydrogens (tertiary/aromatic N) is 3. The maximum absolute atomic E-state index is 12.3. The Kier molecular flexibility index (Phi) is 2.77. The average Bonchev–Trinajstić information content (AvgIpc) is 3.16. The largest absolute Gasteiger partial charge is 0.352 e. The molecule has 0 bridgehead atoms. The van der Waals surface area contributed by atoms with Gasteiger partial charge in [0.25, 0.3) is 0 Å². The number of carbonyl (C=O) groups is 1. The van der Waals surface area contributed by atoms with E-state index in [4.69, 9.17) is 0 Å². The van der Waals surface area contributed by atoms with Crippen molar-refractivity contribution in [2.75, 3.05) is 0 Å². The Morgan fingerprint density at radius 3 is 2.65 bits per heavy atom. The second-order valence-corrected chi connectivity index (χ2v) is 5.84. The van der Waals surface area contributed by atoms with Crippen LogP contribution in [0.3, 0.4) is 0 Å². The SMILES string of the molecule is N#C[C@@H]1C(=O)N[C@@H]2CCC[C@@H]3C(=CCC1(C#N)C#N)[C@@H]32. The fourth-order valence-electron chi connectivity index (χ4n) is 3.71. The first-order valence-electron chi connectivity index (χ1n) is 6.89. The van der Waals surface area contributed by atoms with Crippen molar-refractivity contribution in [2.45, 2.75) is 31.7 Å². The van der Waals surface area contributed by atoms with Crippen LogP contribution in [0.15, 0.2) is 11.6 Å². The van der Waals surface area contributed by atoms with Crippen LogP contribution in [0, 0.1) is 57.2 Å². The van der Waals surface area contributed by atoms with Gasteiger partial charge >= 0.3 is 0 Å². The molecular weight excluding hydrogens is 252 g/mol. The maximum atomic E-state index is 12.3. The van der Waals surface area contributed by atoms with Gasteiger partial charge in [0.05, 0.1) is 18.2 Å². The van der Waals surface area contributed by atoms with Crippen LogP contribution in [-0.2, 0) is 4.79 Å². The molecule has 2 fully saturated rings. The molecule has 20 heavy (non-hydrogen) atoms. The second-order valence-electron chi connectivity index (χ2n) is 5.84. The third-order valence-electron chi connectivity index (χ3n) is 4.87. The van der Waals surface area contributed by atoms with Gasteiger partial charge in [0.15, 0.2) is 11.3 Å². The number of nitriles is 3. The quantitative estimate of drug-likeness (QED) is 0.670. The van der Waals surface area contributed by atoms with Crippen LogP contribution in [0.4, 0.5) is 0 Å². The fourth-order valence-corrected chi connectivity index (χ4v) is 3.71. The summed E-state index contributed by atoms with van der Waals surface area (Å²) in [5.74, 6) is -0.835. The highest BCUT2D eigenvalue weighted by molar-refractivity contribution is 5.84. The number of hydrogen-bond donors (Lipinski definition) is 1. The van der Waals surface area contributed by atoms with E-state index in [-0.39, 0.29) is 12.5 Å². The summed E-state index contributed by atoms with van der Waals surface area (Å²) in [5.41, 5.74) is -0.307. The van der Waals surface area contributed by atoms with Crippen molar-refractivity contribution in [1.82, 2.24) is 5.32 Å². The second kappa shape index (κ2) is 4.36. The minimum atomic E-state index is -1.57. The summed E-state index contributed by atoms with van der Waals surface area (Å²) < 4.78 is 0. The summed E-state index contributed by atoms with van der Waals surface area (Å²) in [6, 6.07) is 5.75. The van der Waals surface area contributed by atoms with Crippen molar-refractivity contribution in [3.05, 3.63) is 11.6 Å². The van der Waals surface area contributed by atoms with E-state index in [1.807, 2.05) is 24.3 Å². The van der Waals surface area contributed by atoms with Gasteiger partial charge in [0, 0.05) is 12.0 Å². The molecule has 0 unspecified atom stereocenters. The van der Waals surface area contributed by atoms with Crippen LogP contribution in [0.25, 0.3) is 0 Å². The van der Waals surface area contributed by atoms with Gasteiger partial charge in [0.2, 0.25) is 5.91 Å². The molecule has 1 aliphatic heterocycles. The first-order chi connectivity index (χ1) is 9.66. The Balaban J connectivity index is 2.03.